The summed E-state index contributed by atoms with van der Waals surface area (Å²) < 4.78 is 0. The largest absolute Gasteiger partial charge is 0.345 e. The van der Waals surface area contributed by atoms with Crippen molar-refractivity contribution in [2.75, 3.05) is 13.6 Å². The van der Waals surface area contributed by atoms with Gasteiger partial charge in [-0.05, 0) is 43.9 Å². The summed E-state index contributed by atoms with van der Waals surface area (Å²) in [6.45, 7) is 2.84. The molecule has 0 aliphatic heterocycles. The summed E-state index contributed by atoms with van der Waals surface area (Å²) in [6.07, 6.45) is 6.07. The van der Waals surface area contributed by atoms with Crippen molar-refractivity contribution in [3.63, 3.8) is 0 Å². The number of nitrogens with two attached hydrogens (primary N) is 1. The minimum atomic E-state index is -0.0185. The van der Waals surface area contributed by atoms with Gasteiger partial charge in [0.05, 0.1) is 0 Å². The van der Waals surface area contributed by atoms with Crippen molar-refractivity contribution in [3.8, 4) is 0 Å². The Bertz CT molecular complexity index is 265. The molecule has 2 fully saturated rings. The summed E-state index contributed by atoms with van der Waals surface area (Å²) in [5.74, 6) is 2.83. The van der Waals surface area contributed by atoms with Crippen LogP contribution in [-0.2, 0) is 4.79 Å². The van der Waals surface area contributed by atoms with E-state index in [-0.39, 0.29) is 11.9 Å². The van der Waals surface area contributed by atoms with Crippen LogP contribution in [0, 0.1) is 17.8 Å². The smallest absolute Gasteiger partial charge is 0.223 e. The Labute approximate surface area is 98.4 Å². The van der Waals surface area contributed by atoms with Crippen molar-refractivity contribution >= 4 is 5.91 Å². The van der Waals surface area contributed by atoms with Crippen molar-refractivity contribution in [2.24, 2.45) is 23.5 Å². The Balaban J connectivity index is 1.79. The van der Waals surface area contributed by atoms with Crippen LogP contribution >= 0.6 is 0 Å². The fourth-order valence-electron chi connectivity index (χ4n) is 3.48. The summed E-state index contributed by atoms with van der Waals surface area (Å²) in [7, 11) is 1.93. The zero-order chi connectivity index (χ0) is 11.7. The van der Waals surface area contributed by atoms with E-state index in [9.17, 15) is 4.79 Å². The van der Waals surface area contributed by atoms with Crippen LogP contribution in [0.3, 0.4) is 0 Å². The Kier molecular flexibility index (Phi) is 3.53. The maximum absolute atomic E-state index is 11.8. The highest BCUT2D eigenvalue weighted by atomic mass is 16.2. The minimum absolute atomic E-state index is 0.0185. The van der Waals surface area contributed by atoms with Crippen LogP contribution < -0.4 is 5.73 Å². The molecule has 4 atom stereocenters. The van der Waals surface area contributed by atoms with Crippen molar-refractivity contribution in [2.45, 2.75) is 45.1 Å². The maximum Gasteiger partial charge on any atom is 0.223 e. The Morgan fingerprint density at radius 3 is 2.69 bits per heavy atom. The van der Waals surface area contributed by atoms with Gasteiger partial charge >= 0.3 is 0 Å². The van der Waals surface area contributed by atoms with Crippen LogP contribution in [0.15, 0.2) is 0 Å². The number of amides is 1. The first kappa shape index (κ1) is 11.9. The van der Waals surface area contributed by atoms with E-state index >= 15 is 0 Å². The Morgan fingerprint density at radius 2 is 2.19 bits per heavy atom. The molecule has 2 bridgehead atoms. The van der Waals surface area contributed by atoms with Gasteiger partial charge in [0.15, 0.2) is 0 Å². The number of fused-ring (bicyclic) bond motifs is 2. The van der Waals surface area contributed by atoms with Crippen LogP contribution in [0.1, 0.15) is 39.0 Å². The van der Waals surface area contributed by atoms with Crippen LogP contribution in [0.25, 0.3) is 0 Å². The van der Waals surface area contributed by atoms with Gasteiger partial charge in [-0.3, -0.25) is 4.79 Å². The van der Waals surface area contributed by atoms with Crippen molar-refractivity contribution < 1.29 is 4.79 Å². The summed E-state index contributed by atoms with van der Waals surface area (Å²) in [6, 6.07) is -0.0185. The maximum atomic E-state index is 11.8. The molecule has 0 heterocycles. The van der Waals surface area contributed by atoms with E-state index < -0.39 is 0 Å². The first-order valence-electron chi connectivity index (χ1n) is 6.55. The molecule has 2 N–H and O–H groups in total. The third-order valence-corrected chi connectivity index (χ3v) is 4.32. The number of nitrogens with zero attached hydrogens (tertiary/aromatic N) is 1. The van der Waals surface area contributed by atoms with Crippen LogP contribution in [0.5, 0.6) is 0 Å². The molecule has 1 amide bonds. The zero-order valence-electron chi connectivity index (χ0n) is 10.5. The van der Waals surface area contributed by atoms with Gasteiger partial charge in [-0.2, -0.15) is 0 Å². The molecular weight excluding hydrogens is 200 g/mol. The molecule has 2 aliphatic rings. The molecule has 4 unspecified atom stereocenters. The third-order valence-electron chi connectivity index (χ3n) is 4.32. The van der Waals surface area contributed by atoms with E-state index in [1.807, 2.05) is 18.9 Å². The summed E-state index contributed by atoms with van der Waals surface area (Å²) in [4.78, 5) is 13.7. The summed E-state index contributed by atoms with van der Waals surface area (Å²) >= 11 is 0. The molecule has 0 aromatic rings. The molecule has 0 aromatic heterocycles. The fourth-order valence-corrected chi connectivity index (χ4v) is 3.48. The van der Waals surface area contributed by atoms with E-state index in [1.165, 1.54) is 25.7 Å². The number of hydrogen-bond acceptors (Lipinski definition) is 2. The molecule has 0 radical (unpaired) electrons. The van der Waals surface area contributed by atoms with Crippen molar-refractivity contribution in [3.05, 3.63) is 0 Å². The number of carbonyl (C=O) groups is 1. The predicted octanol–water partition coefficient (Wildman–Crippen LogP) is 1.62. The van der Waals surface area contributed by atoms with Crippen LogP contribution in [0.4, 0.5) is 0 Å². The first-order chi connectivity index (χ1) is 7.56. The molecule has 2 saturated carbocycles. The van der Waals surface area contributed by atoms with Gasteiger partial charge in [0, 0.05) is 26.1 Å². The summed E-state index contributed by atoms with van der Waals surface area (Å²) in [5.41, 5.74) is 5.65. The average Bonchev–Trinajstić information content (AvgIpc) is 2.77. The van der Waals surface area contributed by atoms with E-state index in [2.05, 4.69) is 0 Å². The average molecular weight is 224 g/mol. The first-order valence-corrected chi connectivity index (χ1v) is 6.55. The monoisotopic (exact) mass is 224 g/mol. The standard InChI is InChI=1S/C13H24N2O/c1-9(14)5-13(16)15(2)8-12-7-10-3-4-11(12)6-10/h9-12H,3-8,14H2,1-2H3. The highest BCUT2D eigenvalue weighted by molar-refractivity contribution is 5.76. The minimum Gasteiger partial charge on any atom is -0.345 e. The molecule has 0 saturated heterocycles. The molecule has 2 rings (SSSR count). The second-order valence-corrected chi connectivity index (χ2v) is 5.89. The number of hydrogen-bond donors (Lipinski definition) is 1. The van der Waals surface area contributed by atoms with Crippen LogP contribution in [0.2, 0.25) is 0 Å². The lowest BCUT2D eigenvalue weighted by Gasteiger charge is -2.27. The number of carbonyl (C=O) groups excluding carboxylic acids is 1. The normalized spacial score (nSPS) is 34.1. The van der Waals surface area contributed by atoms with Crippen molar-refractivity contribution in [1.29, 1.82) is 0 Å². The quantitative estimate of drug-likeness (QED) is 0.788. The Hall–Kier alpha value is -0.570. The van der Waals surface area contributed by atoms with Crippen LogP contribution in [-0.4, -0.2) is 30.4 Å². The lowest BCUT2D eigenvalue weighted by atomic mass is 9.88. The van der Waals surface area contributed by atoms with Gasteiger partial charge in [0.1, 0.15) is 0 Å². The van der Waals surface area contributed by atoms with Crippen molar-refractivity contribution in [1.82, 2.24) is 4.90 Å². The molecule has 2 aliphatic carbocycles. The lowest BCUT2D eigenvalue weighted by Crippen LogP contribution is -2.36. The van der Waals surface area contributed by atoms with Gasteiger partial charge in [-0.25, -0.2) is 0 Å². The predicted molar refractivity (Wildman–Crippen MR) is 64.8 cm³/mol. The highest BCUT2D eigenvalue weighted by Gasteiger charge is 2.39. The highest BCUT2D eigenvalue weighted by Crippen LogP contribution is 2.48. The fraction of sp³-hybridized carbons (Fsp3) is 0.923. The van der Waals surface area contributed by atoms with E-state index in [0.717, 1.165) is 24.3 Å². The molecule has 3 heteroatoms. The Morgan fingerprint density at radius 1 is 1.44 bits per heavy atom. The van der Waals surface area contributed by atoms with Gasteiger partial charge in [0.25, 0.3) is 0 Å². The SMILES string of the molecule is CC(N)CC(=O)N(C)CC1CC2CCC1C2. The lowest BCUT2D eigenvalue weighted by molar-refractivity contribution is -0.130. The van der Waals surface area contributed by atoms with Gasteiger partial charge in [0.2, 0.25) is 5.91 Å². The van der Waals surface area contributed by atoms with E-state index in [1.54, 1.807) is 0 Å². The zero-order valence-corrected chi connectivity index (χ0v) is 10.5. The molecular formula is C13H24N2O. The van der Waals surface area contributed by atoms with Gasteiger partial charge in [-0.1, -0.05) is 6.42 Å². The van der Waals surface area contributed by atoms with E-state index in [4.69, 9.17) is 5.73 Å². The second-order valence-electron chi connectivity index (χ2n) is 5.89. The third kappa shape index (κ3) is 2.57. The topological polar surface area (TPSA) is 46.3 Å². The second kappa shape index (κ2) is 4.74. The summed E-state index contributed by atoms with van der Waals surface area (Å²) in [5, 5.41) is 0. The number of rotatable bonds is 4. The van der Waals surface area contributed by atoms with Gasteiger partial charge in [-0.15, -0.1) is 0 Å². The van der Waals surface area contributed by atoms with Gasteiger partial charge < -0.3 is 10.6 Å². The molecule has 16 heavy (non-hydrogen) atoms. The molecule has 92 valence electrons. The molecule has 3 nitrogen and oxygen atoms in total. The molecule has 0 spiro atoms. The molecule has 0 aromatic carbocycles. The van der Waals surface area contributed by atoms with E-state index in [0.29, 0.717) is 6.42 Å².